The summed E-state index contributed by atoms with van der Waals surface area (Å²) >= 11 is 0. The molecule has 2 rings (SSSR count). The highest BCUT2D eigenvalue weighted by molar-refractivity contribution is 5.31. The van der Waals surface area contributed by atoms with Crippen LogP contribution in [0.25, 0.3) is 0 Å². The van der Waals surface area contributed by atoms with Gasteiger partial charge >= 0.3 is 0 Å². The predicted octanol–water partition coefficient (Wildman–Crippen LogP) is 3.59. The summed E-state index contributed by atoms with van der Waals surface area (Å²) in [5.41, 5.74) is 5.20. The molecule has 0 aliphatic rings. The van der Waals surface area contributed by atoms with E-state index in [9.17, 15) is 0 Å². The fourth-order valence-electron chi connectivity index (χ4n) is 2.11. The standard InChI is InChI=1S/C17H22N2/c1-13-7-8-16(12-14(13)2)15(3)18-11-9-17-6-4-5-10-19-17/h4-8,10,12,15,18H,9,11H2,1-3H3. The van der Waals surface area contributed by atoms with Crippen molar-refractivity contribution in [3.63, 3.8) is 0 Å². The van der Waals surface area contributed by atoms with Gasteiger partial charge in [-0.15, -0.1) is 0 Å². The van der Waals surface area contributed by atoms with Gasteiger partial charge in [-0.1, -0.05) is 24.3 Å². The lowest BCUT2D eigenvalue weighted by Crippen LogP contribution is -2.21. The predicted molar refractivity (Wildman–Crippen MR) is 80.3 cm³/mol. The molecule has 1 aromatic carbocycles. The van der Waals surface area contributed by atoms with Gasteiger partial charge in [0.1, 0.15) is 0 Å². The zero-order valence-electron chi connectivity index (χ0n) is 12.0. The van der Waals surface area contributed by atoms with E-state index in [2.05, 4.69) is 55.3 Å². The summed E-state index contributed by atoms with van der Waals surface area (Å²) in [5.74, 6) is 0. The molecule has 2 aromatic rings. The van der Waals surface area contributed by atoms with Gasteiger partial charge < -0.3 is 5.32 Å². The van der Waals surface area contributed by atoms with Gasteiger partial charge in [0.2, 0.25) is 0 Å². The van der Waals surface area contributed by atoms with Crippen molar-refractivity contribution < 1.29 is 0 Å². The lowest BCUT2D eigenvalue weighted by Gasteiger charge is -2.15. The van der Waals surface area contributed by atoms with E-state index in [1.807, 2.05) is 18.3 Å². The lowest BCUT2D eigenvalue weighted by molar-refractivity contribution is 0.573. The number of pyridine rings is 1. The highest BCUT2D eigenvalue weighted by atomic mass is 14.9. The Balaban J connectivity index is 1.87. The molecule has 1 N–H and O–H groups in total. The molecule has 0 bridgehead atoms. The van der Waals surface area contributed by atoms with Crippen molar-refractivity contribution in [1.29, 1.82) is 0 Å². The van der Waals surface area contributed by atoms with Gasteiger partial charge in [-0.05, 0) is 49.6 Å². The molecular weight excluding hydrogens is 232 g/mol. The smallest absolute Gasteiger partial charge is 0.0416 e. The quantitative estimate of drug-likeness (QED) is 0.882. The Morgan fingerprint density at radius 1 is 1.11 bits per heavy atom. The first kappa shape index (κ1) is 13.8. The molecule has 0 saturated carbocycles. The molecule has 0 saturated heterocycles. The second kappa shape index (κ2) is 6.48. The van der Waals surface area contributed by atoms with Crippen LogP contribution in [0.2, 0.25) is 0 Å². The number of rotatable bonds is 5. The van der Waals surface area contributed by atoms with Crippen LogP contribution in [0.4, 0.5) is 0 Å². The molecule has 0 fully saturated rings. The summed E-state index contributed by atoms with van der Waals surface area (Å²) < 4.78 is 0. The van der Waals surface area contributed by atoms with Crippen LogP contribution in [-0.4, -0.2) is 11.5 Å². The van der Waals surface area contributed by atoms with Crippen molar-refractivity contribution in [2.24, 2.45) is 0 Å². The molecule has 100 valence electrons. The molecule has 1 unspecified atom stereocenters. The van der Waals surface area contributed by atoms with Crippen LogP contribution in [0.5, 0.6) is 0 Å². The largest absolute Gasteiger partial charge is 0.310 e. The van der Waals surface area contributed by atoms with Crippen molar-refractivity contribution >= 4 is 0 Å². The molecule has 2 nitrogen and oxygen atoms in total. The molecule has 1 heterocycles. The summed E-state index contributed by atoms with van der Waals surface area (Å²) in [6.07, 6.45) is 2.82. The molecule has 0 aliphatic carbocycles. The maximum atomic E-state index is 4.33. The number of hydrogen-bond acceptors (Lipinski definition) is 2. The Kier molecular flexibility index (Phi) is 4.69. The van der Waals surface area contributed by atoms with E-state index >= 15 is 0 Å². The van der Waals surface area contributed by atoms with Crippen LogP contribution >= 0.6 is 0 Å². The topological polar surface area (TPSA) is 24.9 Å². The average Bonchev–Trinajstić information content (AvgIpc) is 2.43. The third-order valence-corrected chi connectivity index (χ3v) is 3.59. The third-order valence-electron chi connectivity index (χ3n) is 3.59. The van der Waals surface area contributed by atoms with Gasteiger partial charge in [0.15, 0.2) is 0 Å². The molecule has 1 atom stereocenters. The maximum Gasteiger partial charge on any atom is 0.0416 e. The fourth-order valence-corrected chi connectivity index (χ4v) is 2.11. The first-order valence-corrected chi connectivity index (χ1v) is 6.87. The Labute approximate surface area is 115 Å². The monoisotopic (exact) mass is 254 g/mol. The summed E-state index contributed by atoms with van der Waals surface area (Å²) in [6.45, 7) is 7.48. The summed E-state index contributed by atoms with van der Waals surface area (Å²) in [7, 11) is 0. The average molecular weight is 254 g/mol. The first-order valence-electron chi connectivity index (χ1n) is 6.87. The Morgan fingerprint density at radius 3 is 2.63 bits per heavy atom. The van der Waals surface area contributed by atoms with Gasteiger partial charge in [0, 0.05) is 30.9 Å². The van der Waals surface area contributed by atoms with E-state index in [0.29, 0.717) is 6.04 Å². The number of aromatic nitrogens is 1. The maximum absolute atomic E-state index is 4.33. The molecular formula is C17H22N2. The van der Waals surface area contributed by atoms with E-state index in [0.717, 1.165) is 18.7 Å². The van der Waals surface area contributed by atoms with Crippen molar-refractivity contribution in [2.45, 2.75) is 33.2 Å². The van der Waals surface area contributed by atoms with Crippen LogP contribution in [0, 0.1) is 13.8 Å². The zero-order chi connectivity index (χ0) is 13.7. The highest BCUT2D eigenvalue weighted by Crippen LogP contribution is 2.16. The van der Waals surface area contributed by atoms with Crippen molar-refractivity contribution in [3.8, 4) is 0 Å². The minimum Gasteiger partial charge on any atom is -0.310 e. The second-order valence-corrected chi connectivity index (χ2v) is 5.09. The molecule has 0 amide bonds. The Hall–Kier alpha value is -1.67. The van der Waals surface area contributed by atoms with Crippen molar-refractivity contribution in [1.82, 2.24) is 10.3 Å². The van der Waals surface area contributed by atoms with E-state index in [1.54, 1.807) is 0 Å². The van der Waals surface area contributed by atoms with Crippen LogP contribution < -0.4 is 5.32 Å². The van der Waals surface area contributed by atoms with Crippen molar-refractivity contribution in [2.75, 3.05) is 6.54 Å². The molecule has 0 spiro atoms. The lowest BCUT2D eigenvalue weighted by atomic mass is 10.0. The van der Waals surface area contributed by atoms with Gasteiger partial charge in [-0.25, -0.2) is 0 Å². The molecule has 0 aliphatic heterocycles. The summed E-state index contributed by atoms with van der Waals surface area (Å²) in [4.78, 5) is 4.33. The minimum absolute atomic E-state index is 0.378. The number of nitrogens with zero attached hydrogens (tertiary/aromatic N) is 1. The summed E-state index contributed by atoms with van der Waals surface area (Å²) in [5, 5.41) is 3.55. The van der Waals surface area contributed by atoms with Gasteiger partial charge in [-0.3, -0.25) is 4.98 Å². The number of aryl methyl sites for hydroxylation is 2. The number of hydrogen-bond donors (Lipinski definition) is 1. The van der Waals surface area contributed by atoms with E-state index in [-0.39, 0.29) is 0 Å². The van der Waals surface area contributed by atoms with E-state index < -0.39 is 0 Å². The fraction of sp³-hybridized carbons (Fsp3) is 0.353. The molecule has 0 radical (unpaired) electrons. The highest BCUT2D eigenvalue weighted by Gasteiger charge is 2.05. The molecule has 19 heavy (non-hydrogen) atoms. The second-order valence-electron chi connectivity index (χ2n) is 5.09. The Morgan fingerprint density at radius 2 is 1.95 bits per heavy atom. The van der Waals surface area contributed by atoms with Gasteiger partial charge in [0.05, 0.1) is 0 Å². The van der Waals surface area contributed by atoms with Crippen LogP contribution in [0.3, 0.4) is 0 Å². The normalized spacial score (nSPS) is 12.4. The van der Waals surface area contributed by atoms with Crippen LogP contribution in [-0.2, 0) is 6.42 Å². The SMILES string of the molecule is Cc1ccc(C(C)NCCc2ccccn2)cc1C. The van der Waals surface area contributed by atoms with Crippen molar-refractivity contribution in [3.05, 3.63) is 65.0 Å². The van der Waals surface area contributed by atoms with Gasteiger partial charge in [-0.2, -0.15) is 0 Å². The summed E-state index contributed by atoms with van der Waals surface area (Å²) in [6, 6.07) is 13.1. The zero-order valence-corrected chi connectivity index (χ0v) is 12.0. The van der Waals surface area contributed by atoms with E-state index in [1.165, 1.54) is 16.7 Å². The first-order chi connectivity index (χ1) is 9.16. The number of nitrogens with one attached hydrogen (secondary N) is 1. The number of benzene rings is 1. The van der Waals surface area contributed by atoms with E-state index in [4.69, 9.17) is 0 Å². The van der Waals surface area contributed by atoms with Gasteiger partial charge in [0.25, 0.3) is 0 Å². The molecule has 2 heteroatoms. The minimum atomic E-state index is 0.378. The molecule has 1 aromatic heterocycles. The van der Waals surface area contributed by atoms with Crippen LogP contribution in [0.1, 0.15) is 35.3 Å². The third kappa shape index (κ3) is 3.90. The Bertz CT molecular complexity index is 520. The van der Waals surface area contributed by atoms with Crippen LogP contribution in [0.15, 0.2) is 42.6 Å².